The molecule has 2 heterocycles. The predicted molar refractivity (Wildman–Crippen MR) is 176 cm³/mol. The number of ether oxygens (including phenoxy) is 3. The molecular formula is C35H32Cl2N4O5. The van der Waals surface area contributed by atoms with E-state index in [4.69, 9.17) is 37.4 Å². The number of hydrogen-bond donors (Lipinski definition) is 3. The van der Waals surface area contributed by atoms with E-state index in [2.05, 4.69) is 15.6 Å². The van der Waals surface area contributed by atoms with Crippen LogP contribution in [-0.2, 0) is 29.2 Å². The molecule has 0 aliphatic carbocycles. The minimum absolute atomic E-state index is 0.0271. The predicted octanol–water partition coefficient (Wildman–Crippen LogP) is 8.04. The number of nitrogens with zero attached hydrogens (tertiary/aromatic N) is 2. The number of hydrogen-bond acceptors (Lipinski definition) is 6. The van der Waals surface area contributed by atoms with Crippen molar-refractivity contribution in [3.05, 3.63) is 142 Å². The molecule has 0 unspecified atom stereocenters. The van der Waals surface area contributed by atoms with Crippen LogP contribution < -0.4 is 15.4 Å². The fraction of sp³-hybridized carbons (Fsp3) is 0.200. The molecule has 1 aromatic heterocycles. The maximum Gasteiger partial charge on any atom is 0.319 e. The summed E-state index contributed by atoms with van der Waals surface area (Å²) in [5.74, 6) is 1.42. The molecule has 1 aliphatic rings. The first-order chi connectivity index (χ1) is 22.4. The Morgan fingerprint density at radius 1 is 0.870 bits per heavy atom. The molecule has 0 radical (unpaired) electrons. The van der Waals surface area contributed by atoms with Crippen LogP contribution in [-0.4, -0.2) is 26.8 Å². The van der Waals surface area contributed by atoms with Gasteiger partial charge in [-0.2, -0.15) is 0 Å². The molecule has 9 nitrogen and oxygen atoms in total. The number of aromatic nitrogens is 2. The lowest BCUT2D eigenvalue weighted by Crippen LogP contribution is -2.32. The third-order valence-corrected chi connectivity index (χ3v) is 8.31. The molecule has 1 aliphatic heterocycles. The summed E-state index contributed by atoms with van der Waals surface area (Å²) in [7, 11) is 0. The minimum Gasteiger partial charge on any atom is -0.457 e. The Kier molecular flexibility index (Phi) is 10.2. The number of rotatable bonds is 10. The lowest BCUT2D eigenvalue weighted by atomic mass is 10.00. The van der Waals surface area contributed by atoms with E-state index in [1.165, 1.54) is 0 Å². The molecule has 46 heavy (non-hydrogen) atoms. The molecule has 1 fully saturated rings. The van der Waals surface area contributed by atoms with Crippen molar-refractivity contribution in [3.63, 3.8) is 0 Å². The summed E-state index contributed by atoms with van der Waals surface area (Å²) >= 11 is 12.4. The highest BCUT2D eigenvalue weighted by Gasteiger charge is 2.33. The van der Waals surface area contributed by atoms with Gasteiger partial charge in [-0.1, -0.05) is 89.9 Å². The van der Waals surface area contributed by atoms with Gasteiger partial charge in [0.05, 0.1) is 31.7 Å². The Morgan fingerprint density at radius 3 is 2.22 bits per heavy atom. The van der Waals surface area contributed by atoms with E-state index >= 15 is 0 Å². The van der Waals surface area contributed by atoms with Gasteiger partial charge >= 0.3 is 6.03 Å². The average Bonchev–Trinajstić information content (AvgIpc) is 3.41. The molecule has 3 atom stereocenters. The van der Waals surface area contributed by atoms with Crippen molar-refractivity contribution in [1.82, 2.24) is 14.9 Å². The average molecular weight is 660 g/mol. The zero-order chi connectivity index (χ0) is 31.9. The van der Waals surface area contributed by atoms with Gasteiger partial charge in [-0.3, -0.25) is 0 Å². The Hall–Kier alpha value is -4.38. The van der Waals surface area contributed by atoms with Gasteiger partial charge in [0.15, 0.2) is 11.4 Å². The Bertz CT molecular complexity index is 1730. The topological polar surface area (TPSA) is 107 Å². The summed E-state index contributed by atoms with van der Waals surface area (Å²) in [4.78, 5) is 16.6. The van der Waals surface area contributed by atoms with Gasteiger partial charge in [-0.15, -0.1) is 0 Å². The van der Waals surface area contributed by atoms with Crippen molar-refractivity contribution < 1.29 is 24.1 Å². The zero-order valence-electron chi connectivity index (χ0n) is 24.7. The Morgan fingerprint density at radius 2 is 1.54 bits per heavy atom. The van der Waals surface area contributed by atoms with E-state index in [1.54, 1.807) is 35.2 Å². The lowest BCUT2D eigenvalue weighted by molar-refractivity contribution is -0.252. The van der Waals surface area contributed by atoms with Crippen LogP contribution in [0.1, 0.15) is 41.1 Å². The second kappa shape index (κ2) is 14.8. The SMILES string of the molecule is O=C(NCc1ccc([C@@H]2O[C@H](Cn3cnc(Cl)c3Cl)C[C@H](c3ccc(CO)cc3)O2)cc1)Nc1ccc(Oc2ccccc2)cc1. The van der Waals surface area contributed by atoms with Gasteiger partial charge in [0.2, 0.25) is 0 Å². The van der Waals surface area contributed by atoms with Gasteiger partial charge in [0.1, 0.15) is 16.7 Å². The smallest absolute Gasteiger partial charge is 0.319 e. The number of nitrogens with one attached hydrogen (secondary N) is 2. The summed E-state index contributed by atoms with van der Waals surface area (Å²) < 4.78 is 20.4. The van der Waals surface area contributed by atoms with E-state index in [-0.39, 0.29) is 30.0 Å². The number of aliphatic hydroxyl groups excluding tert-OH is 1. The fourth-order valence-corrected chi connectivity index (χ4v) is 5.42. The van der Waals surface area contributed by atoms with Crippen LogP contribution in [0.4, 0.5) is 10.5 Å². The van der Waals surface area contributed by atoms with Gasteiger partial charge < -0.3 is 34.5 Å². The van der Waals surface area contributed by atoms with Gasteiger partial charge in [0.25, 0.3) is 0 Å². The fourth-order valence-electron chi connectivity index (χ4n) is 5.10. The first-order valence-electron chi connectivity index (χ1n) is 14.8. The Labute approximate surface area is 276 Å². The number of aliphatic hydroxyl groups is 1. The molecule has 236 valence electrons. The number of carbonyl (C=O) groups is 1. The number of imidazole rings is 1. The zero-order valence-corrected chi connectivity index (χ0v) is 26.2. The van der Waals surface area contributed by atoms with Crippen molar-refractivity contribution in [3.8, 4) is 11.5 Å². The highest BCUT2D eigenvalue weighted by molar-refractivity contribution is 6.40. The molecule has 0 bridgehead atoms. The second-order valence-corrected chi connectivity index (χ2v) is 11.5. The third-order valence-electron chi connectivity index (χ3n) is 7.54. The molecule has 2 amide bonds. The van der Waals surface area contributed by atoms with Gasteiger partial charge in [-0.25, -0.2) is 9.78 Å². The highest BCUT2D eigenvalue weighted by atomic mass is 35.5. The van der Waals surface area contributed by atoms with Crippen LogP contribution in [0, 0.1) is 0 Å². The van der Waals surface area contributed by atoms with E-state index in [9.17, 15) is 9.90 Å². The van der Waals surface area contributed by atoms with Crippen LogP contribution in [0.3, 0.4) is 0 Å². The van der Waals surface area contributed by atoms with Crippen molar-refractivity contribution in [1.29, 1.82) is 0 Å². The maximum absolute atomic E-state index is 12.6. The number of para-hydroxylation sites is 1. The Balaban J connectivity index is 1.06. The van der Waals surface area contributed by atoms with Crippen molar-refractivity contribution in [2.45, 2.75) is 44.6 Å². The largest absolute Gasteiger partial charge is 0.457 e. The molecule has 5 aromatic rings. The molecule has 4 aromatic carbocycles. The number of anilines is 1. The molecular weight excluding hydrogens is 627 g/mol. The first-order valence-corrected chi connectivity index (χ1v) is 15.5. The molecule has 0 spiro atoms. The quantitative estimate of drug-likeness (QED) is 0.140. The molecule has 0 saturated carbocycles. The number of benzene rings is 4. The van der Waals surface area contributed by atoms with Crippen molar-refractivity contribution in [2.75, 3.05) is 5.32 Å². The molecule has 11 heteroatoms. The van der Waals surface area contributed by atoms with E-state index < -0.39 is 6.29 Å². The van der Waals surface area contributed by atoms with Crippen LogP contribution in [0.15, 0.2) is 109 Å². The van der Waals surface area contributed by atoms with Gasteiger partial charge in [-0.05, 0) is 53.1 Å². The maximum atomic E-state index is 12.6. The molecule has 6 rings (SSSR count). The second-order valence-electron chi connectivity index (χ2n) is 10.8. The molecule has 3 N–H and O–H groups in total. The van der Waals surface area contributed by atoms with Crippen LogP contribution in [0.2, 0.25) is 10.3 Å². The van der Waals surface area contributed by atoms with Gasteiger partial charge in [0, 0.05) is 24.2 Å². The van der Waals surface area contributed by atoms with Crippen molar-refractivity contribution >= 4 is 34.9 Å². The van der Waals surface area contributed by atoms with E-state index in [0.29, 0.717) is 36.1 Å². The monoisotopic (exact) mass is 658 g/mol. The molecule has 1 saturated heterocycles. The summed E-state index contributed by atoms with van der Waals surface area (Å²) in [6.45, 7) is 0.750. The summed E-state index contributed by atoms with van der Waals surface area (Å²) in [5.41, 5.74) is 4.20. The van der Waals surface area contributed by atoms with Crippen LogP contribution >= 0.6 is 23.2 Å². The number of halogens is 2. The first kappa shape index (κ1) is 31.6. The summed E-state index contributed by atoms with van der Waals surface area (Å²) in [6.07, 6.45) is 1.04. The van der Waals surface area contributed by atoms with E-state index in [1.807, 2.05) is 78.9 Å². The van der Waals surface area contributed by atoms with Crippen LogP contribution in [0.25, 0.3) is 0 Å². The number of urea groups is 1. The normalized spacial score (nSPS) is 17.8. The standard InChI is InChI=1S/C35H32Cl2N4O5/c36-32-33(37)41(22-39-32)20-30-18-31(25-10-8-24(21-42)9-11-25)46-34(45-30)26-12-6-23(7-13-26)19-38-35(43)40-27-14-16-29(17-15-27)44-28-4-2-1-3-5-28/h1-17,22,30-31,34,42H,18-21H2,(H2,38,40,43)/t30-,31+,34+/m0/s1. The van der Waals surface area contributed by atoms with E-state index in [0.717, 1.165) is 28.0 Å². The third kappa shape index (κ3) is 8.06. The lowest BCUT2D eigenvalue weighted by Gasteiger charge is -2.36. The summed E-state index contributed by atoms with van der Waals surface area (Å²) in [6, 6.07) is 31.8. The summed E-state index contributed by atoms with van der Waals surface area (Å²) in [5, 5.41) is 15.8. The van der Waals surface area contributed by atoms with Crippen molar-refractivity contribution in [2.24, 2.45) is 0 Å². The van der Waals surface area contributed by atoms with Crippen LogP contribution in [0.5, 0.6) is 11.5 Å². The minimum atomic E-state index is -0.641. The number of amides is 2. The number of carbonyl (C=O) groups excluding carboxylic acids is 1. The highest BCUT2D eigenvalue weighted by Crippen LogP contribution is 2.39.